The smallest absolute Gasteiger partial charge is 0.153 e. The van der Waals surface area contributed by atoms with E-state index in [1.807, 2.05) is 24.3 Å². The van der Waals surface area contributed by atoms with Gasteiger partial charge in [-0.3, -0.25) is 4.90 Å². The van der Waals surface area contributed by atoms with Gasteiger partial charge in [-0.1, -0.05) is 6.07 Å². The topological polar surface area (TPSA) is 67.9 Å². The van der Waals surface area contributed by atoms with Crippen LogP contribution >= 0.6 is 0 Å². The molecule has 1 aromatic rings. The van der Waals surface area contributed by atoms with E-state index in [9.17, 15) is 8.42 Å². The Bertz CT molecular complexity index is 614. The lowest BCUT2D eigenvalue weighted by molar-refractivity contribution is 0.0199. The molecule has 0 aromatic heterocycles. The first-order valence-corrected chi connectivity index (χ1v) is 9.32. The number of nitrogens with zero attached hydrogens (tertiary/aromatic N) is 1. The molecule has 2 fully saturated rings. The number of anilines is 1. The summed E-state index contributed by atoms with van der Waals surface area (Å²) >= 11 is 0. The van der Waals surface area contributed by atoms with E-state index < -0.39 is 9.84 Å². The van der Waals surface area contributed by atoms with Crippen LogP contribution in [0.15, 0.2) is 24.3 Å². The van der Waals surface area contributed by atoms with Crippen LogP contribution in [0.1, 0.15) is 0 Å². The SMILES string of the molecule is COc1cccc(NC2CS(=O)(=O)CC2N2CCOCC2)c1. The molecule has 122 valence electrons. The summed E-state index contributed by atoms with van der Waals surface area (Å²) in [6.07, 6.45) is 0. The lowest BCUT2D eigenvalue weighted by atomic mass is 10.1. The van der Waals surface area contributed by atoms with E-state index >= 15 is 0 Å². The normalized spacial score (nSPS) is 28.4. The number of ether oxygens (including phenoxy) is 2. The molecule has 2 atom stereocenters. The lowest BCUT2D eigenvalue weighted by Gasteiger charge is -2.35. The second-order valence-corrected chi connectivity index (χ2v) is 7.93. The predicted molar refractivity (Wildman–Crippen MR) is 85.2 cm³/mol. The summed E-state index contributed by atoms with van der Waals surface area (Å²) in [5, 5.41) is 3.38. The molecule has 0 radical (unpaired) electrons. The summed E-state index contributed by atoms with van der Waals surface area (Å²) in [5.41, 5.74) is 0.889. The van der Waals surface area contributed by atoms with Gasteiger partial charge in [-0.05, 0) is 12.1 Å². The zero-order chi connectivity index (χ0) is 15.6. The third kappa shape index (κ3) is 3.53. The highest BCUT2D eigenvalue weighted by atomic mass is 32.2. The Morgan fingerprint density at radius 2 is 2.05 bits per heavy atom. The second-order valence-electron chi connectivity index (χ2n) is 5.78. The molecule has 1 N–H and O–H groups in total. The van der Waals surface area contributed by atoms with Crippen molar-refractivity contribution in [1.29, 1.82) is 0 Å². The Hall–Kier alpha value is -1.31. The van der Waals surface area contributed by atoms with Crippen LogP contribution in [-0.4, -0.2) is 70.3 Å². The zero-order valence-corrected chi connectivity index (χ0v) is 13.5. The van der Waals surface area contributed by atoms with Crippen molar-refractivity contribution >= 4 is 15.5 Å². The van der Waals surface area contributed by atoms with E-state index in [0.717, 1.165) is 24.5 Å². The van der Waals surface area contributed by atoms with Gasteiger partial charge in [0.15, 0.2) is 9.84 Å². The highest BCUT2D eigenvalue weighted by molar-refractivity contribution is 7.91. The molecule has 0 bridgehead atoms. The third-order valence-electron chi connectivity index (χ3n) is 4.26. The fraction of sp³-hybridized carbons (Fsp3) is 0.600. The molecule has 6 nitrogen and oxygen atoms in total. The minimum atomic E-state index is -3.01. The molecular weight excluding hydrogens is 304 g/mol. The minimum absolute atomic E-state index is 0.0000935. The molecule has 2 heterocycles. The lowest BCUT2D eigenvalue weighted by Crippen LogP contribution is -2.50. The third-order valence-corrected chi connectivity index (χ3v) is 5.98. The van der Waals surface area contributed by atoms with Crippen LogP contribution in [0.2, 0.25) is 0 Å². The molecule has 2 saturated heterocycles. The van der Waals surface area contributed by atoms with E-state index in [4.69, 9.17) is 9.47 Å². The van der Waals surface area contributed by atoms with Crippen molar-refractivity contribution in [3.63, 3.8) is 0 Å². The molecule has 0 amide bonds. The molecule has 22 heavy (non-hydrogen) atoms. The van der Waals surface area contributed by atoms with Crippen molar-refractivity contribution in [1.82, 2.24) is 4.90 Å². The van der Waals surface area contributed by atoms with Crippen LogP contribution in [-0.2, 0) is 14.6 Å². The predicted octanol–water partition coefficient (Wildman–Crippen LogP) is 0.605. The van der Waals surface area contributed by atoms with E-state index in [2.05, 4.69) is 10.2 Å². The fourth-order valence-corrected chi connectivity index (χ4v) is 5.12. The quantitative estimate of drug-likeness (QED) is 0.874. The number of rotatable bonds is 4. The number of sulfone groups is 1. The van der Waals surface area contributed by atoms with Gasteiger partial charge in [0.1, 0.15) is 5.75 Å². The van der Waals surface area contributed by atoms with Crippen molar-refractivity contribution in [2.45, 2.75) is 12.1 Å². The Balaban J connectivity index is 1.76. The maximum absolute atomic E-state index is 12.1. The van der Waals surface area contributed by atoms with Gasteiger partial charge in [-0.2, -0.15) is 0 Å². The summed E-state index contributed by atoms with van der Waals surface area (Å²) in [6, 6.07) is 7.49. The minimum Gasteiger partial charge on any atom is -0.497 e. The number of hydrogen-bond donors (Lipinski definition) is 1. The standard InChI is InChI=1S/C15H22N2O4S/c1-20-13-4-2-3-12(9-13)16-14-10-22(18,19)11-15(14)17-5-7-21-8-6-17/h2-4,9,14-16H,5-8,10-11H2,1H3. The summed E-state index contributed by atoms with van der Waals surface area (Å²) in [6.45, 7) is 2.91. The van der Waals surface area contributed by atoms with Crippen LogP contribution in [0.5, 0.6) is 5.75 Å². The largest absolute Gasteiger partial charge is 0.497 e. The first-order chi connectivity index (χ1) is 10.6. The van der Waals surface area contributed by atoms with E-state index in [0.29, 0.717) is 13.2 Å². The summed E-state index contributed by atoms with van der Waals surface area (Å²) in [5.74, 6) is 1.15. The summed E-state index contributed by atoms with van der Waals surface area (Å²) in [7, 11) is -1.39. The van der Waals surface area contributed by atoms with Gasteiger partial charge >= 0.3 is 0 Å². The molecule has 2 aliphatic rings. The highest BCUT2D eigenvalue weighted by Gasteiger charge is 2.41. The van der Waals surface area contributed by atoms with Gasteiger partial charge in [0, 0.05) is 30.9 Å². The second kappa shape index (κ2) is 6.44. The molecule has 7 heteroatoms. The van der Waals surface area contributed by atoms with Crippen molar-refractivity contribution in [2.24, 2.45) is 0 Å². The number of benzene rings is 1. The Morgan fingerprint density at radius 3 is 2.77 bits per heavy atom. The number of hydrogen-bond acceptors (Lipinski definition) is 6. The maximum Gasteiger partial charge on any atom is 0.153 e. The average Bonchev–Trinajstić information content (AvgIpc) is 2.83. The van der Waals surface area contributed by atoms with Crippen molar-refractivity contribution in [3.05, 3.63) is 24.3 Å². The van der Waals surface area contributed by atoms with Gasteiger partial charge in [0.2, 0.25) is 0 Å². The van der Waals surface area contributed by atoms with Gasteiger partial charge in [-0.15, -0.1) is 0 Å². The van der Waals surface area contributed by atoms with Crippen LogP contribution in [0.25, 0.3) is 0 Å². The molecule has 2 unspecified atom stereocenters. The summed E-state index contributed by atoms with van der Waals surface area (Å²) in [4.78, 5) is 2.23. The van der Waals surface area contributed by atoms with Gasteiger partial charge in [0.05, 0.1) is 37.9 Å². The van der Waals surface area contributed by atoms with Crippen LogP contribution in [0, 0.1) is 0 Å². The van der Waals surface area contributed by atoms with Crippen molar-refractivity contribution < 1.29 is 17.9 Å². The average molecular weight is 326 g/mol. The molecule has 0 saturated carbocycles. The molecule has 0 spiro atoms. The number of nitrogens with one attached hydrogen (secondary N) is 1. The first-order valence-electron chi connectivity index (χ1n) is 7.50. The first kappa shape index (κ1) is 15.6. The number of methoxy groups -OCH3 is 1. The van der Waals surface area contributed by atoms with Crippen LogP contribution in [0.3, 0.4) is 0 Å². The van der Waals surface area contributed by atoms with E-state index in [-0.39, 0.29) is 23.6 Å². The summed E-state index contributed by atoms with van der Waals surface area (Å²) < 4.78 is 34.8. The Morgan fingerprint density at radius 1 is 1.27 bits per heavy atom. The molecule has 1 aromatic carbocycles. The molecule has 3 rings (SSSR count). The van der Waals surface area contributed by atoms with E-state index in [1.54, 1.807) is 7.11 Å². The monoisotopic (exact) mass is 326 g/mol. The maximum atomic E-state index is 12.1. The highest BCUT2D eigenvalue weighted by Crippen LogP contribution is 2.25. The van der Waals surface area contributed by atoms with Gasteiger partial charge in [-0.25, -0.2) is 8.42 Å². The van der Waals surface area contributed by atoms with Crippen LogP contribution in [0.4, 0.5) is 5.69 Å². The molecular formula is C15H22N2O4S. The van der Waals surface area contributed by atoms with Crippen molar-refractivity contribution in [2.75, 3.05) is 50.2 Å². The van der Waals surface area contributed by atoms with Crippen LogP contribution < -0.4 is 10.1 Å². The van der Waals surface area contributed by atoms with E-state index in [1.165, 1.54) is 0 Å². The fourth-order valence-electron chi connectivity index (χ4n) is 3.16. The Labute approximate surface area is 131 Å². The zero-order valence-electron chi connectivity index (χ0n) is 12.7. The Kier molecular flexibility index (Phi) is 4.56. The number of morpholine rings is 1. The molecule has 0 aliphatic carbocycles. The van der Waals surface area contributed by atoms with Crippen molar-refractivity contribution in [3.8, 4) is 5.75 Å². The van der Waals surface area contributed by atoms with Gasteiger partial charge < -0.3 is 14.8 Å². The molecule has 2 aliphatic heterocycles. The van der Waals surface area contributed by atoms with Gasteiger partial charge in [0.25, 0.3) is 0 Å².